The highest BCUT2D eigenvalue weighted by molar-refractivity contribution is 6.06. The van der Waals surface area contributed by atoms with E-state index >= 15 is 0 Å². The molecule has 0 aromatic carbocycles. The van der Waals surface area contributed by atoms with Crippen molar-refractivity contribution in [2.45, 2.75) is 51.0 Å². The van der Waals surface area contributed by atoms with Crippen LogP contribution in [0.25, 0.3) is 0 Å². The molecule has 1 aliphatic heterocycles. The fourth-order valence-electron chi connectivity index (χ4n) is 3.98. The summed E-state index contributed by atoms with van der Waals surface area (Å²) in [4.78, 5) is 25.0. The van der Waals surface area contributed by atoms with E-state index < -0.39 is 0 Å². The van der Waals surface area contributed by atoms with E-state index in [0.717, 1.165) is 38.5 Å². The number of nitriles is 1. The third-order valence-corrected chi connectivity index (χ3v) is 5.29. The van der Waals surface area contributed by atoms with Crippen molar-refractivity contribution in [3.63, 3.8) is 0 Å². The van der Waals surface area contributed by atoms with Crippen molar-refractivity contribution in [3.8, 4) is 11.9 Å². The van der Waals surface area contributed by atoms with E-state index in [1.54, 1.807) is 15.9 Å². The third kappa shape index (κ3) is 3.15. The predicted octanol–water partition coefficient (Wildman–Crippen LogP) is 3.27. The van der Waals surface area contributed by atoms with Gasteiger partial charge in [-0.15, -0.1) is 0 Å². The quantitative estimate of drug-likeness (QED) is 0.780. The lowest BCUT2D eigenvalue weighted by molar-refractivity contribution is 0.244. The molecular weight excluding hydrogens is 360 g/mol. The summed E-state index contributed by atoms with van der Waals surface area (Å²) < 4.78 is 11.0. The summed E-state index contributed by atoms with van der Waals surface area (Å²) >= 11 is 0. The molecule has 28 heavy (non-hydrogen) atoms. The Balaban J connectivity index is 1.67. The maximum atomic E-state index is 13.3. The number of amides is 2. The zero-order valence-electron chi connectivity index (χ0n) is 15.8. The molecule has 1 aliphatic carbocycles. The molecule has 2 aromatic heterocycles. The number of rotatable bonds is 5. The number of carbonyl (C=O) groups is 1. The van der Waals surface area contributed by atoms with Crippen molar-refractivity contribution in [2.24, 2.45) is 0 Å². The second-order valence-electron chi connectivity index (χ2n) is 7.22. The highest BCUT2D eigenvalue weighted by Gasteiger charge is 2.53. The van der Waals surface area contributed by atoms with Gasteiger partial charge in [0.05, 0.1) is 42.7 Å². The van der Waals surface area contributed by atoms with Crippen LogP contribution in [0.5, 0.6) is 5.88 Å². The topological polar surface area (TPSA) is 108 Å². The molecule has 146 valence electrons. The van der Waals surface area contributed by atoms with Gasteiger partial charge < -0.3 is 9.26 Å². The number of ether oxygens (including phenoxy) is 1. The molecule has 1 saturated heterocycles. The number of hydrogen-bond acceptors (Lipinski definition) is 7. The Morgan fingerprint density at radius 2 is 2.04 bits per heavy atom. The van der Waals surface area contributed by atoms with E-state index in [0.29, 0.717) is 36.4 Å². The summed E-state index contributed by atoms with van der Waals surface area (Å²) in [6.07, 6.45) is 8.69. The molecule has 0 N–H and O–H groups in total. The van der Waals surface area contributed by atoms with Crippen LogP contribution >= 0.6 is 0 Å². The number of aromatic nitrogens is 3. The predicted molar refractivity (Wildman–Crippen MR) is 100 cm³/mol. The minimum atomic E-state index is -0.381. The molecule has 4 rings (SSSR count). The first-order valence-electron chi connectivity index (χ1n) is 9.60. The van der Waals surface area contributed by atoms with Crippen LogP contribution in [0.15, 0.2) is 23.0 Å². The van der Waals surface area contributed by atoms with Gasteiger partial charge in [0, 0.05) is 0 Å². The molecule has 3 heterocycles. The van der Waals surface area contributed by atoms with Crippen molar-refractivity contribution in [1.82, 2.24) is 15.1 Å². The van der Waals surface area contributed by atoms with Crippen molar-refractivity contribution in [1.29, 1.82) is 5.26 Å². The van der Waals surface area contributed by atoms with E-state index in [9.17, 15) is 4.79 Å². The van der Waals surface area contributed by atoms with Crippen LogP contribution in [0.3, 0.4) is 0 Å². The van der Waals surface area contributed by atoms with Crippen LogP contribution in [0.2, 0.25) is 0 Å². The minimum absolute atomic E-state index is 0.246. The molecule has 9 nitrogen and oxygen atoms in total. The lowest BCUT2D eigenvalue weighted by atomic mass is 9.81. The molecule has 1 spiro atoms. The van der Waals surface area contributed by atoms with Gasteiger partial charge in [-0.25, -0.2) is 14.8 Å². The van der Waals surface area contributed by atoms with Crippen LogP contribution in [0, 0.1) is 11.3 Å². The Hall–Kier alpha value is -3.15. The highest BCUT2D eigenvalue weighted by Crippen LogP contribution is 2.43. The molecular formula is C19H22N6O3. The van der Waals surface area contributed by atoms with Crippen molar-refractivity contribution < 1.29 is 14.1 Å². The Morgan fingerprint density at radius 1 is 1.29 bits per heavy atom. The molecule has 9 heteroatoms. The Morgan fingerprint density at radius 3 is 2.71 bits per heavy atom. The fourth-order valence-corrected chi connectivity index (χ4v) is 3.98. The summed E-state index contributed by atoms with van der Waals surface area (Å²) in [7, 11) is 0. The molecule has 2 amide bonds. The zero-order valence-corrected chi connectivity index (χ0v) is 15.8. The summed E-state index contributed by atoms with van der Waals surface area (Å²) in [6.45, 7) is 3.03. The maximum absolute atomic E-state index is 13.3. The molecule has 0 atom stereocenters. The molecule has 0 radical (unpaired) electrons. The number of urea groups is 1. The Bertz CT molecular complexity index is 882. The lowest BCUT2D eigenvalue weighted by Gasteiger charge is -2.38. The molecule has 1 saturated carbocycles. The van der Waals surface area contributed by atoms with Gasteiger partial charge in [-0.1, -0.05) is 26.2 Å². The van der Waals surface area contributed by atoms with E-state index in [1.807, 2.05) is 13.0 Å². The fraction of sp³-hybridized carbons (Fsp3) is 0.526. The Labute approximate surface area is 162 Å². The molecule has 2 aliphatic rings. The van der Waals surface area contributed by atoms with Gasteiger partial charge in [-0.05, 0) is 24.4 Å². The second-order valence-corrected chi connectivity index (χ2v) is 7.22. The van der Waals surface area contributed by atoms with Gasteiger partial charge in [0.15, 0.2) is 0 Å². The van der Waals surface area contributed by atoms with E-state index in [1.165, 1.54) is 12.4 Å². The van der Waals surface area contributed by atoms with Crippen LogP contribution in [0.4, 0.5) is 16.6 Å². The van der Waals surface area contributed by atoms with E-state index in [2.05, 4.69) is 15.1 Å². The van der Waals surface area contributed by atoms with Crippen molar-refractivity contribution in [3.05, 3.63) is 24.0 Å². The van der Waals surface area contributed by atoms with Crippen LogP contribution in [-0.2, 0) is 0 Å². The molecule has 2 aromatic rings. The third-order valence-electron chi connectivity index (χ3n) is 5.29. The zero-order chi connectivity index (χ0) is 19.6. The number of carbonyl (C=O) groups excluding carboxylic acids is 1. The summed E-state index contributed by atoms with van der Waals surface area (Å²) in [5, 5.41) is 12.9. The molecule has 0 bridgehead atoms. The van der Waals surface area contributed by atoms with Gasteiger partial charge in [-0.3, -0.25) is 9.80 Å². The second kappa shape index (κ2) is 7.46. The maximum Gasteiger partial charge on any atom is 0.334 e. The monoisotopic (exact) mass is 382 g/mol. The lowest BCUT2D eigenvalue weighted by Crippen LogP contribution is -2.48. The summed E-state index contributed by atoms with van der Waals surface area (Å²) in [6, 6.07) is 3.42. The van der Waals surface area contributed by atoms with Crippen molar-refractivity contribution >= 4 is 17.9 Å². The first-order chi connectivity index (χ1) is 13.7. The average Bonchev–Trinajstić information content (AvgIpc) is 3.29. The van der Waals surface area contributed by atoms with E-state index in [4.69, 9.17) is 14.5 Å². The van der Waals surface area contributed by atoms with Crippen LogP contribution in [-0.4, -0.2) is 39.8 Å². The van der Waals surface area contributed by atoms with Gasteiger partial charge in [0.2, 0.25) is 11.8 Å². The van der Waals surface area contributed by atoms with Gasteiger partial charge in [-0.2, -0.15) is 5.26 Å². The number of nitrogens with zero attached hydrogens (tertiary/aromatic N) is 6. The normalized spacial score (nSPS) is 18.5. The van der Waals surface area contributed by atoms with Crippen LogP contribution in [0.1, 0.15) is 51.0 Å². The Kier molecular flexibility index (Phi) is 4.86. The standard InChI is InChI=1S/C19H22N6O3/c1-2-8-27-15-9-16(28-23-15)25-18(26)24(13-19(25)6-4-3-5-7-19)17-21-11-14(10-20)12-22-17/h9,11-12H,2-8,13H2,1H3. The van der Waals surface area contributed by atoms with Gasteiger partial charge >= 0.3 is 6.03 Å². The highest BCUT2D eigenvalue weighted by atomic mass is 16.5. The molecule has 0 unspecified atom stereocenters. The van der Waals surface area contributed by atoms with Crippen molar-refractivity contribution in [2.75, 3.05) is 23.0 Å². The van der Waals surface area contributed by atoms with Crippen LogP contribution < -0.4 is 14.5 Å². The summed E-state index contributed by atoms with van der Waals surface area (Å²) in [5.41, 5.74) is -0.0266. The van der Waals surface area contributed by atoms with E-state index in [-0.39, 0.29) is 11.6 Å². The first-order valence-corrected chi connectivity index (χ1v) is 9.60. The molecule has 2 fully saturated rings. The minimum Gasteiger partial charge on any atom is -0.475 e. The number of anilines is 2. The van der Waals surface area contributed by atoms with Gasteiger partial charge in [0.1, 0.15) is 6.07 Å². The average molecular weight is 382 g/mol. The smallest absolute Gasteiger partial charge is 0.334 e. The number of hydrogen-bond donors (Lipinski definition) is 0. The van der Waals surface area contributed by atoms with Gasteiger partial charge in [0.25, 0.3) is 5.88 Å². The first kappa shape index (κ1) is 18.2. The summed E-state index contributed by atoms with van der Waals surface area (Å²) in [5.74, 6) is 1.05. The SMILES string of the molecule is CCCOc1cc(N2C(=O)N(c3ncc(C#N)cn3)CC23CCCCC3)on1. The largest absolute Gasteiger partial charge is 0.475 e.